The van der Waals surface area contributed by atoms with Gasteiger partial charge in [0.15, 0.2) is 5.70 Å². The summed E-state index contributed by atoms with van der Waals surface area (Å²) in [6.07, 6.45) is 1.54. The van der Waals surface area contributed by atoms with Crippen LogP contribution in [0.15, 0.2) is 51.5 Å². The van der Waals surface area contributed by atoms with Gasteiger partial charge in [-0.25, -0.2) is 9.79 Å². The molecular formula is C17H14N2O4. The molecule has 0 bridgehead atoms. The summed E-state index contributed by atoms with van der Waals surface area (Å²) in [5.74, 6) is 0.835. The lowest BCUT2D eigenvalue weighted by atomic mass is 10.2. The molecule has 2 heterocycles. The molecule has 0 spiro atoms. The van der Waals surface area contributed by atoms with Gasteiger partial charge in [0.2, 0.25) is 11.8 Å². The Hall–Kier alpha value is -3.15. The number of furan rings is 1. The van der Waals surface area contributed by atoms with Gasteiger partial charge in [0.25, 0.3) is 0 Å². The third-order valence-electron chi connectivity index (χ3n) is 3.11. The van der Waals surface area contributed by atoms with Gasteiger partial charge in [0.1, 0.15) is 11.5 Å². The molecule has 1 aliphatic heterocycles. The van der Waals surface area contributed by atoms with E-state index in [2.05, 4.69) is 10.3 Å². The first kappa shape index (κ1) is 14.8. The lowest BCUT2D eigenvalue weighted by molar-refractivity contribution is -0.130. The van der Waals surface area contributed by atoms with Crippen molar-refractivity contribution in [3.05, 3.63) is 59.2 Å². The number of rotatable bonds is 3. The lowest BCUT2D eigenvalue weighted by Crippen LogP contribution is -2.07. The molecule has 0 fully saturated rings. The number of hydrogen-bond acceptors (Lipinski definition) is 5. The van der Waals surface area contributed by atoms with Crippen molar-refractivity contribution in [2.45, 2.75) is 13.8 Å². The number of nitrogens with zero attached hydrogens (tertiary/aromatic N) is 1. The van der Waals surface area contributed by atoms with Crippen LogP contribution in [0.3, 0.4) is 0 Å². The van der Waals surface area contributed by atoms with E-state index in [1.54, 1.807) is 36.4 Å². The second-order valence-electron chi connectivity index (χ2n) is 5.04. The lowest BCUT2D eigenvalue weighted by Gasteiger charge is -2.03. The Morgan fingerprint density at radius 1 is 1.17 bits per heavy atom. The molecule has 1 aliphatic rings. The molecule has 2 aromatic rings. The van der Waals surface area contributed by atoms with Crippen LogP contribution in [0.1, 0.15) is 24.0 Å². The van der Waals surface area contributed by atoms with Crippen LogP contribution in [0.25, 0.3) is 6.08 Å². The summed E-state index contributed by atoms with van der Waals surface area (Å²) in [6, 6.07) is 10.4. The molecule has 23 heavy (non-hydrogen) atoms. The van der Waals surface area contributed by atoms with Crippen LogP contribution in [0, 0.1) is 6.92 Å². The van der Waals surface area contributed by atoms with E-state index in [-0.39, 0.29) is 17.5 Å². The number of esters is 1. The van der Waals surface area contributed by atoms with Crippen molar-refractivity contribution in [2.75, 3.05) is 5.32 Å². The minimum atomic E-state index is -0.528. The van der Waals surface area contributed by atoms with E-state index in [0.29, 0.717) is 17.0 Å². The number of cyclic esters (lactones) is 1. The highest BCUT2D eigenvalue weighted by Gasteiger charge is 2.24. The molecule has 0 saturated carbocycles. The maximum Gasteiger partial charge on any atom is 0.363 e. The number of carbonyl (C=O) groups is 2. The quantitative estimate of drug-likeness (QED) is 0.698. The van der Waals surface area contributed by atoms with Crippen molar-refractivity contribution in [3.8, 4) is 0 Å². The molecule has 1 N–H and O–H groups in total. The molecule has 0 radical (unpaired) electrons. The van der Waals surface area contributed by atoms with Crippen molar-refractivity contribution in [1.82, 2.24) is 0 Å². The molecule has 0 atom stereocenters. The summed E-state index contributed by atoms with van der Waals surface area (Å²) >= 11 is 0. The Bertz CT molecular complexity index is 829. The molecule has 0 unspecified atom stereocenters. The number of anilines is 1. The van der Waals surface area contributed by atoms with E-state index in [9.17, 15) is 9.59 Å². The summed E-state index contributed by atoms with van der Waals surface area (Å²) in [5, 5.41) is 2.66. The number of nitrogens with one attached hydrogen (secondary N) is 1. The number of carbonyl (C=O) groups excluding carboxylic acids is 2. The second kappa shape index (κ2) is 5.92. The fraction of sp³-hybridized carbons (Fsp3) is 0.118. The zero-order chi connectivity index (χ0) is 16.4. The van der Waals surface area contributed by atoms with Gasteiger partial charge in [-0.05, 0) is 43.3 Å². The normalized spacial score (nSPS) is 15.5. The average molecular weight is 310 g/mol. The summed E-state index contributed by atoms with van der Waals surface area (Å²) in [5.41, 5.74) is 1.49. The summed E-state index contributed by atoms with van der Waals surface area (Å²) in [4.78, 5) is 27.1. The number of hydrogen-bond donors (Lipinski definition) is 1. The van der Waals surface area contributed by atoms with Gasteiger partial charge in [-0.3, -0.25) is 4.79 Å². The highest BCUT2D eigenvalue weighted by molar-refractivity contribution is 6.12. The van der Waals surface area contributed by atoms with Crippen LogP contribution < -0.4 is 5.32 Å². The Balaban J connectivity index is 1.83. The smallest absolute Gasteiger partial charge is 0.363 e. The van der Waals surface area contributed by atoms with Crippen LogP contribution in [0.2, 0.25) is 0 Å². The van der Waals surface area contributed by atoms with E-state index >= 15 is 0 Å². The average Bonchev–Trinajstić information content (AvgIpc) is 3.06. The third kappa shape index (κ3) is 3.37. The summed E-state index contributed by atoms with van der Waals surface area (Å²) in [6.45, 7) is 3.25. The van der Waals surface area contributed by atoms with Crippen molar-refractivity contribution >= 4 is 29.5 Å². The molecule has 1 aromatic carbocycles. The monoisotopic (exact) mass is 310 g/mol. The fourth-order valence-corrected chi connectivity index (χ4v) is 2.10. The zero-order valence-corrected chi connectivity index (χ0v) is 12.6. The first-order chi connectivity index (χ1) is 11.0. The number of amides is 1. The Kier molecular flexibility index (Phi) is 3.80. The molecule has 0 aliphatic carbocycles. The Morgan fingerprint density at radius 3 is 2.52 bits per heavy atom. The predicted octanol–water partition coefficient (Wildman–Crippen LogP) is 2.89. The van der Waals surface area contributed by atoms with Crippen LogP contribution in [0.4, 0.5) is 5.69 Å². The van der Waals surface area contributed by atoms with Gasteiger partial charge in [-0.2, -0.15) is 0 Å². The van der Waals surface area contributed by atoms with E-state index < -0.39 is 5.97 Å². The van der Waals surface area contributed by atoms with E-state index in [4.69, 9.17) is 9.15 Å². The number of benzene rings is 1. The van der Waals surface area contributed by atoms with Gasteiger partial charge in [-0.15, -0.1) is 0 Å². The summed E-state index contributed by atoms with van der Waals surface area (Å²) < 4.78 is 10.6. The zero-order valence-electron chi connectivity index (χ0n) is 12.6. The predicted molar refractivity (Wildman–Crippen MR) is 84.8 cm³/mol. The van der Waals surface area contributed by atoms with Crippen molar-refractivity contribution in [2.24, 2.45) is 4.99 Å². The van der Waals surface area contributed by atoms with Gasteiger partial charge in [-0.1, -0.05) is 0 Å². The summed E-state index contributed by atoms with van der Waals surface area (Å²) in [7, 11) is 0. The van der Waals surface area contributed by atoms with Crippen molar-refractivity contribution in [1.29, 1.82) is 0 Å². The minimum absolute atomic E-state index is 0.152. The Labute approximate surface area is 132 Å². The van der Waals surface area contributed by atoms with E-state index in [0.717, 1.165) is 5.76 Å². The second-order valence-corrected chi connectivity index (χ2v) is 5.04. The Morgan fingerprint density at radius 2 is 1.91 bits per heavy atom. The maximum atomic E-state index is 11.9. The van der Waals surface area contributed by atoms with Crippen LogP contribution in [-0.2, 0) is 14.3 Å². The maximum absolute atomic E-state index is 11.9. The molecule has 1 amide bonds. The molecule has 116 valence electrons. The fourth-order valence-electron chi connectivity index (χ4n) is 2.10. The van der Waals surface area contributed by atoms with Crippen LogP contribution >= 0.6 is 0 Å². The first-order valence-electron chi connectivity index (χ1n) is 6.98. The van der Waals surface area contributed by atoms with E-state index in [1.807, 2.05) is 6.92 Å². The standard InChI is InChI=1S/C17H14N2O4/c1-10-3-8-14(22-10)9-15-17(21)23-16(19-15)12-4-6-13(7-5-12)18-11(2)20/h3-9H,1-2H3,(H,18,20)/b15-9-. The number of aliphatic imine (C=N–C) groups is 1. The van der Waals surface area contributed by atoms with Gasteiger partial charge in [0.05, 0.1) is 0 Å². The van der Waals surface area contributed by atoms with Gasteiger partial charge >= 0.3 is 5.97 Å². The molecule has 6 heteroatoms. The van der Waals surface area contributed by atoms with Crippen LogP contribution in [0.5, 0.6) is 0 Å². The van der Waals surface area contributed by atoms with E-state index in [1.165, 1.54) is 13.0 Å². The minimum Gasteiger partial charge on any atom is -0.462 e. The molecular weight excluding hydrogens is 296 g/mol. The molecule has 1 aromatic heterocycles. The highest BCUT2D eigenvalue weighted by Crippen LogP contribution is 2.21. The molecule has 3 rings (SSSR count). The van der Waals surface area contributed by atoms with Gasteiger partial charge in [0, 0.05) is 24.3 Å². The first-order valence-corrected chi connectivity index (χ1v) is 6.98. The molecule has 6 nitrogen and oxygen atoms in total. The van der Waals surface area contributed by atoms with Gasteiger partial charge < -0.3 is 14.5 Å². The van der Waals surface area contributed by atoms with Crippen molar-refractivity contribution < 1.29 is 18.7 Å². The number of aryl methyl sites for hydroxylation is 1. The third-order valence-corrected chi connectivity index (χ3v) is 3.11. The number of ether oxygens (including phenoxy) is 1. The topological polar surface area (TPSA) is 80.9 Å². The SMILES string of the molecule is CC(=O)Nc1ccc(C2=N/C(=C\c3ccc(C)o3)C(=O)O2)cc1. The van der Waals surface area contributed by atoms with Crippen LogP contribution in [-0.4, -0.2) is 17.8 Å². The van der Waals surface area contributed by atoms with Crippen molar-refractivity contribution in [3.63, 3.8) is 0 Å². The highest BCUT2D eigenvalue weighted by atomic mass is 16.6. The largest absolute Gasteiger partial charge is 0.462 e. The molecule has 0 saturated heterocycles.